The van der Waals surface area contributed by atoms with Crippen LogP contribution in [-0.2, 0) is 4.79 Å². The first-order chi connectivity index (χ1) is 10.3. The fourth-order valence-corrected chi connectivity index (χ4v) is 3.70. The number of carbonyl (C=O) groups is 1. The summed E-state index contributed by atoms with van der Waals surface area (Å²) in [5.74, 6) is 0.194. The highest BCUT2D eigenvalue weighted by Crippen LogP contribution is 2.20. The van der Waals surface area contributed by atoms with Crippen LogP contribution in [0.1, 0.15) is 39.5 Å². The number of hydrogen-bond donors (Lipinski definition) is 2. The van der Waals surface area contributed by atoms with Crippen molar-refractivity contribution < 1.29 is 4.79 Å². The molecule has 2 N–H and O–H groups in total. The number of amides is 1. The van der Waals surface area contributed by atoms with Crippen LogP contribution in [0.3, 0.4) is 0 Å². The Morgan fingerprint density at radius 1 is 1.24 bits per heavy atom. The SMILES string of the molecule is CCCN1CCCC(N2CCNCC2C(=O)NCC)CC1. The lowest BCUT2D eigenvalue weighted by atomic mass is 10.0. The van der Waals surface area contributed by atoms with Gasteiger partial charge in [0.15, 0.2) is 0 Å². The van der Waals surface area contributed by atoms with E-state index in [1.807, 2.05) is 6.92 Å². The van der Waals surface area contributed by atoms with E-state index in [1.165, 1.54) is 45.3 Å². The molecular formula is C16H32N4O. The lowest BCUT2D eigenvalue weighted by Gasteiger charge is -2.40. The molecule has 2 fully saturated rings. The Kier molecular flexibility index (Phi) is 6.93. The Morgan fingerprint density at radius 2 is 2.10 bits per heavy atom. The van der Waals surface area contributed by atoms with E-state index in [1.54, 1.807) is 0 Å². The van der Waals surface area contributed by atoms with Crippen molar-refractivity contribution in [2.45, 2.75) is 51.6 Å². The molecule has 122 valence electrons. The molecule has 0 aromatic heterocycles. The number of nitrogens with zero attached hydrogens (tertiary/aromatic N) is 2. The molecule has 2 heterocycles. The van der Waals surface area contributed by atoms with Gasteiger partial charge >= 0.3 is 0 Å². The second-order valence-corrected chi connectivity index (χ2v) is 6.28. The van der Waals surface area contributed by atoms with Gasteiger partial charge in [0.25, 0.3) is 0 Å². The first kappa shape index (κ1) is 16.7. The Bertz CT molecular complexity index is 323. The van der Waals surface area contributed by atoms with Crippen LogP contribution < -0.4 is 10.6 Å². The predicted octanol–water partition coefficient (Wildman–Crippen LogP) is 0.661. The third kappa shape index (κ3) is 4.66. The predicted molar refractivity (Wildman–Crippen MR) is 86.4 cm³/mol. The quantitative estimate of drug-likeness (QED) is 0.782. The van der Waals surface area contributed by atoms with Gasteiger partial charge in [0.1, 0.15) is 6.04 Å². The topological polar surface area (TPSA) is 47.6 Å². The minimum atomic E-state index is 0.0152. The maximum atomic E-state index is 12.3. The number of piperazine rings is 1. The van der Waals surface area contributed by atoms with Gasteiger partial charge in [-0.25, -0.2) is 0 Å². The third-order valence-corrected chi connectivity index (χ3v) is 4.74. The van der Waals surface area contributed by atoms with Gasteiger partial charge in [0.2, 0.25) is 5.91 Å². The van der Waals surface area contributed by atoms with Gasteiger partial charge in [-0.15, -0.1) is 0 Å². The van der Waals surface area contributed by atoms with E-state index in [9.17, 15) is 4.79 Å². The van der Waals surface area contributed by atoms with Gasteiger partial charge in [-0.1, -0.05) is 6.92 Å². The van der Waals surface area contributed by atoms with Crippen LogP contribution in [-0.4, -0.2) is 73.6 Å². The molecule has 21 heavy (non-hydrogen) atoms. The molecule has 0 spiro atoms. The summed E-state index contributed by atoms with van der Waals surface area (Å²) < 4.78 is 0. The summed E-state index contributed by atoms with van der Waals surface area (Å²) in [6.45, 7) is 11.4. The minimum Gasteiger partial charge on any atom is -0.355 e. The van der Waals surface area contributed by atoms with E-state index in [0.29, 0.717) is 6.04 Å². The van der Waals surface area contributed by atoms with Crippen molar-refractivity contribution in [3.05, 3.63) is 0 Å². The molecule has 0 aromatic rings. The van der Waals surface area contributed by atoms with Crippen molar-refractivity contribution in [1.29, 1.82) is 0 Å². The van der Waals surface area contributed by atoms with Crippen molar-refractivity contribution in [2.24, 2.45) is 0 Å². The van der Waals surface area contributed by atoms with Crippen molar-refractivity contribution in [3.8, 4) is 0 Å². The van der Waals surface area contributed by atoms with Gasteiger partial charge in [-0.05, 0) is 52.2 Å². The van der Waals surface area contributed by atoms with Crippen LogP contribution >= 0.6 is 0 Å². The molecule has 5 heteroatoms. The van der Waals surface area contributed by atoms with E-state index >= 15 is 0 Å². The molecule has 2 unspecified atom stereocenters. The Labute approximate surface area is 129 Å². The summed E-state index contributed by atoms with van der Waals surface area (Å²) in [7, 11) is 0. The average molecular weight is 296 g/mol. The van der Waals surface area contributed by atoms with E-state index in [2.05, 4.69) is 27.4 Å². The monoisotopic (exact) mass is 296 g/mol. The maximum Gasteiger partial charge on any atom is 0.238 e. The first-order valence-electron chi connectivity index (χ1n) is 8.72. The summed E-state index contributed by atoms with van der Waals surface area (Å²) >= 11 is 0. The van der Waals surface area contributed by atoms with Crippen LogP contribution in [0.5, 0.6) is 0 Å². The fraction of sp³-hybridized carbons (Fsp3) is 0.938. The minimum absolute atomic E-state index is 0.0152. The van der Waals surface area contributed by atoms with Crippen LogP contribution in [0, 0.1) is 0 Å². The van der Waals surface area contributed by atoms with Gasteiger partial charge in [-0.3, -0.25) is 9.69 Å². The normalized spacial score (nSPS) is 29.0. The number of carbonyl (C=O) groups excluding carboxylic acids is 1. The largest absolute Gasteiger partial charge is 0.355 e. The van der Waals surface area contributed by atoms with Crippen molar-refractivity contribution >= 4 is 5.91 Å². The number of likely N-dealkylation sites (tertiary alicyclic amines) is 1. The summed E-state index contributed by atoms with van der Waals surface area (Å²) in [4.78, 5) is 17.4. The van der Waals surface area contributed by atoms with E-state index in [4.69, 9.17) is 0 Å². The Balaban J connectivity index is 1.95. The summed E-state index contributed by atoms with van der Waals surface area (Å²) in [5.41, 5.74) is 0. The Hall–Kier alpha value is -0.650. The summed E-state index contributed by atoms with van der Waals surface area (Å²) in [6, 6.07) is 0.586. The summed E-state index contributed by atoms with van der Waals surface area (Å²) in [5, 5.41) is 6.37. The maximum absolute atomic E-state index is 12.3. The average Bonchev–Trinajstić information content (AvgIpc) is 2.73. The lowest BCUT2D eigenvalue weighted by Crippen LogP contribution is -2.60. The standard InChI is InChI=1S/C16H32N4O/c1-3-9-19-10-5-6-14(7-11-19)20-12-8-17-13-15(20)16(21)18-4-2/h14-15,17H,3-13H2,1-2H3,(H,18,21). The van der Waals surface area contributed by atoms with Crippen molar-refractivity contribution in [1.82, 2.24) is 20.4 Å². The number of rotatable bonds is 5. The summed E-state index contributed by atoms with van der Waals surface area (Å²) in [6.07, 6.45) is 4.93. The van der Waals surface area contributed by atoms with E-state index in [-0.39, 0.29) is 11.9 Å². The molecule has 0 bridgehead atoms. The van der Waals surface area contributed by atoms with Crippen molar-refractivity contribution in [2.75, 3.05) is 45.8 Å². The van der Waals surface area contributed by atoms with Crippen LogP contribution in [0.25, 0.3) is 0 Å². The zero-order chi connectivity index (χ0) is 15.1. The molecule has 0 aromatic carbocycles. The zero-order valence-electron chi connectivity index (χ0n) is 13.7. The zero-order valence-corrected chi connectivity index (χ0v) is 13.7. The molecule has 2 atom stereocenters. The fourth-order valence-electron chi connectivity index (χ4n) is 3.70. The van der Waals surface area contributed by atoms with Gasteiger partial charge < -0.3 is 15.5 Å². The highest BCUT2D eigenvalue weighted by Gasteiger charge is 2.33. The molecule has 0 radical (unpaired) electrons. The van der Waals surface area contributed by atoms with Gasteiger partial charge in [0, 0.05) is 32.2 Å². The molecule has 2 saturated heterocycles. The second-order valence-electron chi connectivity index (χ2n) is 6.28. The number of nitrogens with one attached hydrogen (secondary N) is 2. The molecule has 0 aliphatic carbocycles. The van der Waals surface area contributed by atoms with Crippen LogP contribution in [0.4, 0.5) is 0 Å². The lowest BCUT2D eigenvalue weighted by molar-refractivity contribution is -0.128. The van der Waals surface area contributed by atoms with E-state index < -0.39 is 0 Å². The first-order valence-corrected chi connectivity index (χ1v) is 8.72. The molecule has 2 aliphatic rings. The van der Waals surface area contributed by atoms with E-state index in [0.717, 1.165) is 26.2 Å². The molecular weight excluding hydrogens is 264 g/mol. The van der Waals surface area contributed by atoms with Gasteiger partial charge in [0.05, 0.1) is 0 Å². The number of likely N-dealkylation sites (N-methyl/N-ethyl adjacent to an activating group) is 1. The highest BCUT2D eigenvalue weighted by molar-refractivity contribution is 5.82. The van der Waals surface area contributed by atoms with Gasteiger partial charge in [-0.2, -0.15) is 0 Å². The smallest absolute Gasteiger partial charge is 0.238 e. The molecule has 2 aliphatic heterocycles. The number of hydrogen-bond acceptors (Lipinski definition) is 4. The van der Waals surface area contributed by atoms with Crippen LogP contribution in [0.15, 0.2) is 0 Å². The van der Waals surface area contributed by atoms with Crippen LogP contribution in [0.2, 0.25) is 0 Å². The molecule has 5 nitrogen and oxygen atoms in total. The third-order valence-electron chi connectivity index (χ3n) is 4.74. The molecule has 0 saturated carbocycles. The Morgan fingerprint density at radius 3 is 2.86 bits per heavy atom. The van der Waals surface area contributed by atoms with Crippen molar-refractivity contribution in [3.63, 3.8) is 0 Å². The highest BCUT2D eigenvalue weighted by atomic mass is 16.2. The molecule has 2 rings (SSSR count). The second kappa shape index (κ2) is 8.71. The molecule has 1 amide bonds.